The van der Waals surface area contributed by atoms with Crippen LogP contribution in [0.2, 0.25) is 0 Å². The Morgan fingerprint density at radius 3 is 2.77 bits per heavy atom. The lowest BCUT2D eigenvalue weighted by Crippen LogP contribution is -1.96. The van der Waals surface area contributed by atoms with Gasteiger partial charge in [0.2, 0.25) is 0 Å². The monoisotopic (exact) mass is 173 g/mol. The lowest BCUT2D eigenvalue weighted by molar-refractivity contribution is -0.116. The fraction of sp³-hybridized carbons (Fsp3) is 0.273. The fourth-order valence-electron chi connectivity index (χ4n) is 1.23. The van der Waals surface area contributed by atoms with Crippen molar-refractivity contribution in [1.29, 1.82) is 0 Å². The summed E-state index contributed by atoms with van der Waals surface area (Å²) in [6.45, 7) is 10.4. The zero-order valence-corrected chi connectivity index (χ0v) is 7.79. The van der Waals surface area contributed by atoms with E-state index in [1.807, 2.05) is 19.1 Å². The Bertz CT molecular complexity index is 374. The third kappa shape index (κ3) is 2.41. The van der Waals surface area contributed by atoms with E-state index in [0.29, 0.717) is 12.1 Å². The van der Waals surface area contributed by atoms with Crippen LogP contribution in [-0.4, -0.2) is 5.78 Å². The lowest BCUT2D eigenvalue weighted by atomic mass is 10.0. The van der Waals surface area contributed by atoms with Gasteiger partial charge in [0.15, 0.2) is 5.69 Å². The van der Waals surface area contributed by atoms with Crippen LogP contribution in [0.25, 0.3) is 4.85 Å². The number of carbonyl (C=O) groups is 1. The van der Waals surface area contributed by atoms with Crippen LogP contribution in [0.3, 0.4) is 0 Å². The van der Waals surface area contributed by atoms with Gasteiger partial charge in [0.1, 0.15) is 5.78 Å². The fourth-order valence-corrected chi connectivity index (χ4v) is 1.23. The second-order valence-electron chi connectivity index (χ2n) is 3.12. The topological polar surface area (TPSA) is 21.4 Å². The molecule has 0 saturated heterocycles. The van der Waals surface area contributed by atoms with E-state index < -0.39 is 0 Å². The zero-order valence-electron chi connectivity index (χ0n) is 7.79. The van der Waals surface area contributed by atoms with E-state index in [-0.39, 0.29) is 5.78 Å². The van der Waals surface area contributed by atoms with Crippen LogP contribution in [0.15, 0.2) is 18.2 Å². The summed E-state index contributed by atoms with van der Waals surface area (Å²) in [7, 11) is 0. The maximum atomic E-state index is 10.9. The van der Waals surface area contributed by atoms with Gasteiger partial charge in [-0.25, -0.2) is 4.85 Å². The minimum Gasteiger partial charge on any atom is -0.300 e. The minimum absolute atomic E-state index is 0.0931. The predicted octanol–water partition coefficient (Wildman–Crippen LogP) is 2.68. The third-order valence-corrected chi connectivity index (χ3v) is 1.79. The summed E-state index contributed by atoms with van der Waals surface area (Å²) in [4.78, 5) is 14.3. The smallest absolute Gasteiger partial charge is 0.190 e. The second-order valence-corrected chi connectivity index (χ2v) is 3.12. The molecule has 1 aromatic carbocycles. The van der Waals surface area contributed by atoms with Crippen molar-refractivity contribution in [2.45, 2.75) is 20.3 Å². The van der Waals surface area contributed by atoms with Crippen LogP contribution in [0, 0.1) is 13.5 Å². The summed E-state index contributed by atoms with van der Waals surface area (Å²) in [6, 6.07) is 5.55. The molecule has 0 saturated carbocycles. The van der Waals surface area contributed by atoms with Crippen LogP contribution < -0.4 is 0 Å². The van der Waals surface area contributed by atoms with E-state index in [4.69, 9.17) is 6.57 Å². The molecule has 0 amide bonds. The molecule has 0 aliphatic rings. The van der Waals surface area contributed by atoms with Crippen molar-refractivity contribution < 1.29 is 4.79 Å². The van der Waals surface area contributed by atoms with Crippen LogP contribution in [0.1, 0.15) is 18.1 Å². The number of carbonyl (C=O) groups excluding carboxylic acids is 1. The van der Waals surface area contributed by atoms with Crippen LogP contribution in [-0.2, 0) is 11.2 Å². The molecule has 0 fully saturated rings. The first-order valence-corrected chi connectivity index (χ1v) is 4.10. The van der Waals surface area contributed by atoms with Crippen molar-refractivity contribution in [1.82, 2.24) is 0 Å². The number of benzene rings is 1. The second kappa shape index (κ2) is 3.86. The van der Waals surface area contributed by atoms with Crippen LogP contribution >= 0.6 is 0 Å². The lowest BCUT2D eigenvalue weighted by Gasteiger charge is -2.02. The van der Waals surface area contributed by atoms with Crippen LogP contribution in [0.5, 0.6) is 0 Å². The number of hydrogen-bond donors (Lipinski definition) is 0. The first-order valence-electron chi connectivity index (χ1n) is 4.10. The summed E-state index contributed by atoms with van der Waals surface area (Å²) in [5.74, 6) is 0.0931. The average molecular weight is 173 g/mol. The molecule has 0 unspecified atom stereocenters. The van der Waals surface area contributed by atoms with Gasteiger partial charge in [-0.15, -0.1) is 0 Å². The molecule has 0 aliphatic carbocycles. The highest BCUT2D eigenvalue weighted by molar-refractivity contribution is 5.80. The quantitative estimate of drug-likeness (QED) is 0.630. The number of aryl methyl sites for hydroxylation is 1. The van der Waals surface area contributed by atoms with E-state index in [1.165, 1.54) is 6.92 Å². The van der Waals surface area contributed by atoms with Gasteiger partial charge in [0.25, 0.3) is 0 Å². The van der Waals surface area contributed by atoms with Gasteiger partial charge >= 0.3 is 0 Å². The van der Waals surface area contributed by atoms with Gasteiger partial charge in [-0.1, -0.05) is 23.8 Å². The Hall–Kier alpha value is -1.62. The number of hydrogen-bond acceptors (Lipinski definition) is 1. The van der Waals surface area contributed by atoms with E-state index in [9.17, 15) is 4.79 Å². The molecule has 0 spiro atoms. The molecule has 2 nitrogen and oxygen atoms in total. The first kappa shape index (κ1) is 9.47. The Labute approximate surface area is 78.0 Å². The number of rotatable bonds is 2. The summed E-state index contributed by atoms with van der Waals surface area (Å²) in [6.07, 6.45) is 0.361. The Kier molecular flexibility index (Phi) is 2.81. The molecule has 0 N–H and O–H groups in total. The van der Waals surface area contributed by atoms with E-state index >= 15 is 0 Å². The van der Waals surface area contributed by atoms with Crippen molar-refractivity contribution in [2.24, 2.45) is 0 Å². The molecular formula is C11H11NO. The molecule has 0 bridgehead atoms. The highest BCUT2D eigenvalue weighted by atomic mass is 16.1. The van der Waals surface area contributed by atoms with Gasteiger partial charge in [-0.3, -0.25) is 4.79 Å². The normalized spacial score (nSPS) is 9.31. The number of nitrogens with zero attached hydrogens (tertiary/aromatic N) is 1. The summed E-state index contributed by atoms with van der Waals surface area (Å²) < 4.78 is 0. The maximum absolute atomic E-state index is 10.9. The standard InChI is InChI=1S/C11H11NO/c1-8-4-5-11(12-3)10(6-8)7-9(2)13/h4-6H,7H2,1-2H3. The Morgan fingerprint density at radius 2 is 2.23 bits per heavy atom. The van der Waals surface area contributed by atoms with Gasteiger partial charge in [-0.05, 0) is 19.4 Å². The van der Waals surface area contributed by atoms with Gasteiger partial charge in [-0.2, -0.15) is 0 Å². The summed E-state index contributed by atoms with van der Waals surface area (Å²) in [5.41, 5.74) is 2.51. The summed E-state index contributed by atoms with van der Waals surface area (Å²) in [5, 5.41) is 0. The van der Waals surface area contributed by atoms with E-state index in [2.05, 4.69) is 4.85 Å². The Balaban J connectivity index is 3.10. The molecule has 1 aromatic rings. The molecule has 2 heteroatoms. The molecule has 0 heterocycles. The van der Waals surface area contributed by atoms with Gasteiger partial charge < -0.3 is 0 Å². The largest absolute Gasteiger partial charge is 0.300 e. The SMILES string of the molecule is [C-]#[N+]c1ccc(C)cc1CC(C)=O. The van der Waals surface area contributed by atoms with E-state index in [1.54, 1.807) is 6.07 Å². The van der Waals surface area contributed by atoms with Crippen molar-refractivity contribution in [3.63, 3.8) is 0 Å². The first-order chi connectivity index (χ1) is 6.13. The van der Waals surface area contributed by atoms with Gasteiger partial charge in [0, 0.05) is 6.42 Å². The molecule has 1 rings (SSSR count). The van der Waals surface area contributed by atoms with Crippen molar-refractivity contribution in [3.05, 3.63) is 40.7 Å². The minimum atomic E-state index is 0.0931. The molecular weight excluding hydrogens is 162 g/mol. The number of ketones is 1. The molecule has 0 aromatic heterocycles. The molecule has 0 atom stereocenters. The molecule has 66 valence electrons. The molecule has 0 aliphatic heterocycles. The highest BCUT2D eigenvalue weighted by Crippen LogP contribution is 2.21. The van der Waals surface area contributed by atoms with Crippen molar-refractivity contribution in [3.8, 4) is 0 Å². The molecule has 0 radical (unpaired) electrons. The highest BCUT2D eigenvalue weighted by Gasteiger charge is 2.04. The van der Waals surface area contributed by atoms with Gasteiger partial charge in [0.05, 0.1) is 6.57 Å². The van der Waals surface area contributed by atoms with E-state index in [0.717, 1.165) is 11.1 Å². The third-order valence-electron chi connectivity index (χ3n) is 1.79. The predicted molar refractivity (Wildman–Crippen MR) is 51.8 cm³/mol. The van der Waals surface area contributed by atoms with Crippen LogP contribution in [0.4, 0.5) is 5.69 Å². The maximum Gasteiger partial charge on any atom is 0.190 e. The Morgan fingerprint density at radius 1 is 1.54 bits per heavy atom. The number of Topliss-reactive ketones (excluding diaryl/α,β-unsaturated/α-hetero) is 1. The van der Waals surface area contributed by atoms with Crippen molar-refractivity contribution in [2.75, 3.05) is 0 Å². The summed E-state index contributed by atoms with van der Waals surface area (Å²) >= 11 is 0. The van der Waals surface area contributed by atoms with Crippen molar-refractivity contribution >= 4 is 11.5 Å². The zero-order chi connectivity index (χ0) is 9.84. The molecule has 13 heavy (non-hydrogen) atoms. The average Bonchev–Trinajstić information content (AvgIpc) is 2.03.